The lowest BCUT2D eigenvalue weighted by atomic mass is 9.96. The van der Waals surface area contributed by atoms with Crippen LogP contribution in [0.25, 0.3) is 0 Å². The number of hydrogen-bond acceptors (Lipinski definition) is 6. The Hall–Kier alpha value is -1.40. The molecule has 0 bridgehead atoms. The van der Waals surface area contributed by atoms with Gasteiger partial charge in [0.25, 0.3) is 0 Å². The van der Waals surface area contributed by atoms with Crippen LogP contribution in [0, 0.1) is 0 Å². The minimum absolute atomic E-state index is 0.110. The molecule has 0 saturated carbocycles. The van der Waals surface area contributed by atoms with Crippen molar-refractivity contribution < 1.29 is 0 Å². The summed E-state index contributed by atoms with van der Waals surface area (Å²) in [6.45, 7) is 12.6. The van der Waals surface area contributed by atoms with Crippen molar-refractivity contribution in [2.24, 2.45) is 5.84 Å². The molecule has 0 fully saturated rings. The van der Waals surface area contributed by atoms with Crippen LogP contribution in [0.4, 0.5) is 11.6 Å². The molecule has 4 N–H and O–H groups in total. The molecule has 21 heavy (non-hydrogen) atoms. The highest BCUT2D eigenvalue weighted by atomic mass is 15.3. The van der Waals surface area contributed by atoms with Gasteiger partial charge in [0.05, 0.1) is 0 Å². The Bertz CT molecular complexity index is 438. The summed E-state index contributed by atoms with van der Waals surface area (Å²) >= 11 is 0. The molecule has 0 atom stereocenters. The van der Waals surface area contributed by atoms with E-state index in [9.17, 15) is 0 Å². The van der Waals surface area contributed by atoms with Crippen molar-refractivity contribution in [1.29, 1.82) is 0 Å². The molecule has 0 aromatic carbocycles. The largest absolute Gasteiger partial charge is 0.370 e. The monoisotopic (exact) mass is 294 g/mol. The Morgan fingerprint density at radius 2 is 1.86 bits per heavy atom. The average Bonchev–Trinajstić information content (AvgIpc) is 2.41. The van der Waals surface area contributed by atoms with Crippen LogP contribution in [-0.4, -0.2) is 41.0 Å². The molecule has 0 radical (unpaired) electrons. The Morgan fingerprint density at radius 1 is 1.24 bits per heavy atom. The second kappa shape index (κ2) is 7.56. The third-order valence-corrected chi connectivity index (χ3v) is 3.42. The summed E-state index contributed by atoms with van der Waals surface area (Å²) in [7, 11) is 2.14. The standard InChI is InChI=1S/C15H30N6/c1-11(2)21(6)9-7-8-17-12-10-13(20-16)19-14(18-12)15(3,4)5/h10-11H,7-9,16H2,1-6H3,(H2,17,18,19,20). The highest BCUT2D eigenvalue weighted by molar-refractivity contribution is 5.47. The highest BCUT2D eigenvalue weighted by Crippen LogP contribution is 2.21. The quantitative estimate of drug-likeness (QED) is 0.406. The first-order valence-electron chi connectivity index (χ1n) is 7.54. The first-order valence-corrected chi connectivity index (χ1v) is 7.54. The normalized spacial score (nSPS) is 12.0. The zero-order chi connectivity index (χ0) is 16.0. The molecule has 1 rings (SSSR count). The molecule has 0 unspecified atom stereocenters. The third kappa shape index (κ3) is 5.85. The third-order valence-electron chi connectivity index (χ3n) is 3.42. The molecule has 1 heterocycles. The molecule has 0 aliphatic rings. The second-order valence-corrected chi connectivity index (χ2v) is 6.71. The number of rotatable bonds is 7. The molecule has 0 amide bonds. The zero-order valence-electron chi connectivity index (χ0n) is 14.2. The van der Waals surface area contributed by atoms with Gasteiger partial charge in [0.1, 0.15) is 17.5 Å². The minimum atomic E-state index is -0.110. The van der Waals surface area contributed by atoms with Gasteiger partial charge in [-0.15, -0.1) is 0 Å². The van der Waals surface area contributed by atoms with Crippen LogP contribution < -0.4 is 16.6 Å². The summed E-state index contributed by atoms with van der Waals surface area (Å²) in [6.07, 6.45) is 1.06. The van der Waals surface area contributed by atoms with E-state index in [4.69, 9.17) is 5.84 Å². The smallest absolute Gasteiger partial charge is 0.145 e. The number of nitrogen functional groups attached to an aromatic ring is 1. The van der Waals surface area contributed by atoms with Gasteiger partial charge in [-0.1, -0.05) is 20.8 Å². The van der Waals surface area contributed by atoms with Gasteiger partial charge in [-0.05, 0) is 33.9 Å². The van der Waals surface area contributed by atoms with Crippen LogP contribution in [0.1, 0.15) is 46.9 Å². The van der Waals surface area contributed by atoms with Gasteiger partial charge in [-0.2, -0.15) is 0 Å². The van der Waals surface area contributed by atoms with Crippen LogP contribution in [0.5, 0.6) is 0 Å². The number of hydrazine groups is 1. The van der Waals surface area contributed by atoms with E-state index < -0.39 is 0 Å². The van der Waals surface area contributed by atoms with Crippen LogP contribution in [0.3, 0.4) is 0 Å². The van der Waals surface area contributed by atoms with Gasteiger partial charge >= 0.3 is 0 Å². The molecule has 1 aromatic rings. The van der Waals surface area contributed by atoms with E-state index in [0.717, 1.165) is 31.2 Å². The van der Waals surface area contributed by atoms with Crippen molar-refractivity contribution in [3.8, 4) is 0 Å². The van der Waals surface area contributed by atoms with Gasteiger partial charge in [0.2, 0.25) is 0 Å². The van der Waals surface area contributed by atoms with Crippen molar-refractivity contribution in [3.05, 3.63) is 11.9 Å². The van der Waals surface area contributed by atoms with Crippen molar-refractivity contribution in [2.75, 3.05) is 30.9 Å². The van der Waals surface area contributed by atoms with E-state index in [1.165, 1.54) is 0 Å². The lowest BCUT2D eigenvalue weighted by Gasteiger charge is -2.21. The lowest BCUT2D eigenvalue weighted by Crippen LogP contribution is -2.28. The predicted molar refractivity (Wildman–Crippen MR) is 89.4 cm³/mol. The van der Waals surface area contributed by atoms with Gasteiger partial charge < -0.3 is 15.6 Å². The van der Waals surface area contributed by atoms with Crippen LogP contribution in [0.15, 0.2) is 6.07 Å². The van der Waals surface area contributed by atoms with E-state index in [2.05, 4.69) is 67.3 Å². The van der Waals surface area contributed by atoms with Gasteiger partial charge in [-0.3, -0.25) is 0 Å². The Labute approximate surface area is 128 Å². The summed E-state index contributed by atoms with van der Waals surface area (Å²) in [6, 6.07) is 2.41. The fourth-order valence-electron chi connectivity index (χ4n) is 1.75. The van der Waals surface area contributed by atoms with Crippen LogP contribution in [0.2, 0.25) is 0 Å². The molecule has 0 saturated heterocycles. The maximum absolute atomic E-state index is 5.48. The van der Waals surface area contributed by atoms with E-state index in [1.807, 2.05) is 6.07 Å². The molecular weight excluding hydrogens is 264 g/mol. The second-order valence-electron chi connectivity index (χ2n) is 6.71. The van der Waals surface area contributed by atoms with Gasteiger partial charge in [0.15, 0.2) is 0 Å². The molecule has 0 spiro atoms. The number of nitrogens with one attached hydrogen (secondary N) is 2. The fraction of sp³-hybridized carbons (Fsp3) is 0.733. The van der Waals surface area contributed by atoms with Crippen molar-refractivity contribution in [2.45, 2.75) is 52.5 Å². The highest BCUT2D eigenvalue weighted by Gasteiger charge is 2.19. The lowest BCUT2D eigenvalue weighted by molar-refractivity contribution is 0.273. The SMILES string of the molecule is CC(C)N(C)CCCNc1cc(NN)nc(C(C)(C)C)n1. The van der Waals surface area contributed by atoms with E-state index in [1.54, 1.807) is 0 Å². The van der Waals surface area contributed by atoms with E-state index >= 15 is 0 Å². The van der Waals surface area contributed by atoms with E-state index in [0.29, 0.717) is 11.9 Å². The number of hydrogen-bond donors (Lipinski definition) is 3. The Kier molecular flexibility index (Phi) is 6.36. The summed E-state index contributed by atoms with van der Waals surface area (Å²) in [5.74, 6) is 7.71. The van der Waals surface area contributed by atoms with Crippen molar-refractivity contribution in [3.63, 3.8) is 0 Å². The minimum Gasteiger partial charge on any atom is -0.370 e. The summed E-state index contributed by atoms with van der Waals surface area (Å²) in [5.41, 5.74) is 2.49. The number of anilines is 2. The average molecular weight is 294 g/mol. The maximum Gasteiger partial charge on any atom is 0.145 e. The Balaban J connectivity index is 2.62. The first-order chi connectivity index (χ1) is 9.74. The molecular formula is C15H30N6. The maximum atomic E-state index is 5.48. The zero-order valence-corrected chi connectivity index (χ0v) is 14.2. The predicted octanol–water partition coefficient (Wildman–Crippen LogP) is 2.20. The van der Waals surface area contributed by atoms with Crippen molar-refractivity contribution >= 4 is 11.6 Å². The topological polar surface area (TPSA) is 79.1 Å². The van der Waals surface area contributed by atoms with Crippen LogP contribution in [-0.2, 0) is 5.41 Å². The van der Waals surface area contributed by atoms with Crippen LogP contribution >= 0.6 is 0 Å². The molecule has 0 aliphatic heterocycles. The number of nitrogens with zero attached hydrogens (tertiary/aromatic N) is 3. The first kappa shape index (κ1) is 17.7. The molecule has 0 aliphatic carbocycles. The summed E-state index contributed by atoms with van der Waals surface area (Å²) < 4.78 is 0. The Morgan fingerprint density at radius 3 is 2.38 bits per heavy atom. The fourth-order valence-corrected chi connectivity index (χ4v) is 1.75. The van der Waals surface area contributed by atoms with E-state index in [-0.39, 0.29) is 5.41 Å². The van der Waals surface area contributed by atoms with Gasteiger partial charge in [0, 0.05) is 24.1 Å². The summed E-state index contributed by atoms with van der Waals surface area (Å²) in [5, 5.41) is 3.35. The molecule has 6 heteroatoms. The van der Waals surface area contributed by atoms with Crippen molar-refractivity contribution in [1.82, 2.24) is 14.9 Å². The molecule has 120 valence electrons. The number of nitrogens with two attached hydrogens (primary N) is 1. The number of aromatic nitrogens is 2. The van der Waals surface area contributed by atoms with Gasteiger partial charge in [-0.25, -0.2) is 15.8 Å². The molecule has 1 aromatic heterocycles. The molecule has 6 nitrogen and oxygen atoms in total. The summed E-state index contributed by atoms with van der Waals surface area (Å²) in [4.78, 5) is 11.3.